The van der Waals surface area contributed by atoms with E-state index in [-0.39, 0.29) is 12.4 Å². The van der Waals surface area contributed by atoms with E-state index in [4.69, 9.17) is 5.73 Å². The fraction of sp³-hybridized carbons (Fsp3) is 0.0588. The van der Waals surface area contributed by atoms with Gasteiger partial charge in [-0.15, -0.1) is 23.7 Å². The largest absolute Gasteiger partial charge is 0.326 e. The molecule has 0 fully saturated rings. The minimum Gasteiger partial charge on any atom is -0.326 e. The first-order valence-electron chi connectivity index (χ1n) is 6.80. The first-order valence-corrected chi connectivity index (χ1v) is 9.10. The lowest BCUT2D eigenvalue weighted by Gasteiger charge is -2.05. The van der Waals surface area contributed by atoms with Crippen molar-refractivity contribution in [3.8, 4) is 11.1 Å². The molecule has 2 N–H and O–H groups in total. The zero-order valence-corrected chi connectivity index (χ0v) is 14.6. The van der Waals surface area contributed by atoms with Gasteiger partial charge in [0.05, 0.1) is 4.90 Å². The second-order valence-corrected chi connectivity index (χ2v) is 8.16. The Morgan fingerprint density at radius 2 is 1.43 bits per heavy atom. The van der Waals surface area contributed by atoms with Crippen LogP contribution in [0, 0.1) is 0 Å². The van der Waals surface area contributed by atoms with Crippen molar-refractivity contribution in [2.45, 2.75) is 15.6 Å². The second-order valence-electron chi connectivity index (χ2n) is 4.82. The summed E-state index contributed by atoms with van der Waals surface area (Å²) in [5.41, 5.74) is 7.60. The first kappa shape index (κ1) is 17.7. The van der Waals surface area contributed by atoms with E-state index in [0.29, 0.717) is 15.6 Å². The third kappa shape index (κ3) is 3.64. The fourth-order valence-corrected chi connectivity index (χ4v) is 4.82. The molecule has 0 radical (unpaired) electrons. The Morgan fingerprint density at radius 3 is 2.00 bits per heavy atom. The number of hydrogen-bond donors (Lipinski definition) is 1. The third-order valence-electron chi connectivity index (χ3n) is 3.37. The molecule has 0 atom stereocenters. The Kier molecular flexibility index (Phi) is 5.59. The Morgan fingerprint density at radius 1 is 0.826 bits per heavy atom. The number of benzene rings is 2. The molecule has 1 aromatic heterocycles. The van der Waals surface area contributed by atoms with Gasteiger partial charge in [0.2, 0.25) is 9.84 Å². The van der Waals surface area contributed by atoms with E-state index in [0.717, 1.165) is 16.0 Å². The summed E-state index contributed by atoms with van der Waals surface area (Å²) in [6.07, 6.45) is 0. The van der Waals surface area contributed by atoms with E-state index in [1.54, 1.807) is 24.3 Å². The summed E-state index contributed by atoms with van der Waals surface area (Å²) >= 11 is 1.22. The van der Waals surface area contributed by atoms with Gasteiger partial charge in [-0.05, 0) is 35.4 Å². The third-order valence-corrected chi connectivity index (χ3v) is 6.74. The maximum Gasteiger partial charge on any atom is 0.215 e. The predicted molar refractivity (Wildman–Crippen MR) is 96.8 cm³/mol. The molecule has 3 nitrogen and oxygen atoms in total. The number of hydrogen-bond acceptors (Lipinski definition) is 4. The number of halogens is 1. The molecule has 0 aliphatic rings. The van der Waals surface area contributed by atoms with Crippen LogP contribution in [0.4, 0.5) is 0 Å². The standard InChI is InChI=1S/C17H15NO2S2.ClH/c18-12-15-8-11-17(21-15)22(19,20)16-9-6-14(7-10-16)13-4-2-1-3-5-13;/h1-11H,12,18H2;1H. The fourth-order valence-electron chi connectivity index (χ4n) is 2.19. The van der Waals surface area contributed by atoms with Crippen LogP contribution in [-0.2, 0) is 16.4 Å². The summed E-state index contributed by atoms with van der Waals surface area (Å²) in [5, 5.41) is 0. The van der Waals surface area contributed by atoms with Crippen LogP contribution in [0.25, 0.3) is 11.1 Å². The number of sulfone groups is 1. The van der Waals surface area contributed by atoms with Gasteiger partial charge in [0, 0.05) is 11.4 Å². The average Bonchev–Trinajstić information content (AvgIpc) is 3.06. The molecule has 120 valence electrons. The Bertz CT molecular complexity index is 872. The average molecular weight is 366 g/mol. The van der Waals surface area contributed by atoms with Gasteiger partial charge in [0.25, 0.3) is 0 Å². The number of thiophene rings is 1. The quantitative estimate of drug-likeness (QED) is 0.756. The lowest BCUT2D eigenvalue weighted by Crippen LogP contribution is -1.99. The highest BCUT2D eigenvalue weighted by Crippen LogP contribution is 2.29. The van der Waals surface area contributed by atoms with Crippen molar-refractivity contribution in [2.75, 3.05) is 0 Å². The molecule has 0 aliphatic heterocycles. The summed E-state index contributed by atoms with van der Waals surface area (Å²) < 4.78 is 25.5. The normalized spacial score (nSPS) is 11.0. The highest BCUT2D eigenvalue weighted by atomic mass is 35.5. The van der Waals surface area contributed by atoms with Crippen LogP contribution in [0.5, 0.6) is 0 Å². The van der Waals surface area contributed by atoms with Gasteiger partial charge in [-0.25, -0.2) is 8.42 Å². The van der Waals surface area contributed by atoms with Gasteiger partial charge in [0.1, 0.15) is 4.21 Å². The van der Waals surface area contributed by atoms with Crippen molar-refractivity contribution < 1.29 is 8.42 Å². The summed E-state index contributed by atoms with van der Waals surface area (Å²) in [7, 11) is -3.46. The minimum absolute atomic E-state index is 0. The van der Waals surface area contributed by atoms with E-state index in [1.165, 1.54) is 11.3 Å². The molecular formula is C17H16ClNO2S2. The maximum absolute atomic E-state index is 12.6. The monoisotopic (exact) mass is 365 g/mol. The van der Waals surface area contributed by atoms with Crippen LogP contribution in [-0.4, -0.2) is 8.42 Å². The van der Waals surface area contributed by atoms with Crippen molar-refractivity contribution >= 4 is 33.6 Å². The zero-order chi connectivity index (χ0) is 15.6. The van der Waals surface area contributed by atoms with Crippen LogP contribution in [0.3, 0.4) is 0 Å². The Labute approximate surface area is 146 Å². The van der Waals surface area contributed by atoms with Crippen molar-refractivity contribution in [1.29, 1.82) is 0 Å². The van der Waals surface area contributed by atoms with Crippen molar-refractivity contribution in [2.24, 2.45) is 5.73 Å². The van der Waals surface area contributed by atoms with Crippen molar-refractivity contribution in [3.63, 3.8) is 0 Å². The SMILES string of the molecule is Cl.NCc1ccc(S(=O)(=O)c2ccc(-c3ccccc3)cc2)s1. The van der Waals surface area contributed by atoms with Gasteiger partial charge < -0.3 is 5.73 Å². The molecule has 0 saturated carbocycles. The molecule has 0 saturated heterocycles. The topological polar surface area (TPSA) is 60.2 Å². The van der Waals surface area contributed by atoms with Crippen LogP contribution < -0.4 is 5.73 Å². The lowest BCUT2D eigenvalue weighted by molar-refractivity contribution is 0.598. The number of rotatable bonds is 4. The minimum atomic E-state index is -3.46. The summed E-state index contributed by atoms with van der Waals surface area (Å²) in [6.45, 7) is 0.354. The molecule has 0 spiro atoms. The maximum atomic E-state index is 12.6. The van der Waals surface area contributed by atoms with Crippen LogP contribution in [0.2, 0.25) is 0 Å². The number of nitrogens with two attached hydrogens (primary N) is 1. The second kappa shape index (κ2) is 7.27. The summed E-state index contributed by atoms with van der Waals surface area (Å²) in [4.78, 5) is 1.16. The predicted octanol–water partition coefficient (Wildman–Crippen LogP) is 4.13. The van der Waals surface area contributed by atoms with Crippen LogP contribution >= 0.6 is 23.7 Å². The van der Waals surface area contributed by atoms with Crippen LogP contribution in [0.15, 0.2) is 75.8 Å². The molecule has 0 amide bonds. The van der Waals surface area contributed by atoms with E-state index in [9.17, 15) is 8.42 Å². The molecule has 6 heteroatoms. The molecule has 3 rings (SSSR count). The molecule has 23 heavy (non-hydrogen) atoms. The molecule has 0 unspecified atom stereocenters. The van der Waals surface area contributed by atoms with Crippen LogP contribution in [0.1, 0.15) is 4.88 Å². The molecule has 0 bridgehead atoms. The highest BCUT2D eigenvalue weighted by Gasteiger charge is 2.19. The van der Waals surface area contributed by atoms with E-state index < -0.39 is 9.84 Å². The van der Waals surface area contributed by atoms with Gasteiger partial charge in [-0.2, -0.15) is 0 Å². The van der Waals surface area contributed by atoms with Gasteiger partial charge in [-0.3, -0.25) is 0 Å². The lowest BCUT2D eigenvalue weighted by atomic mass is 10.1. The van der Waals surface area contributed by atoms with E-state index >= 15 is 0 Å². The molecule has 1 heterocycles. The van der Waals surface area contributed by atoms with Crippen molar-refractivity contribution in [3.05, 3.63) is 71.6 Å². The van der Waals surface area contributed by atoms with Gasteiger partial charge in [-0.1, -0.05) is 42.5 Å². The molecular weight excluding hydrogens is 350 g/mol. The van der Waals surface area contributed by atoms with Crippen molar-refractivity contribution in [1.82, 2.24) is 0 Å². The smallest absolute Gasteiger partial charge is 0.215 e. The van der Waals surface area contributed by atoms with Gasteiger partial charge in [0.15, 0.2) is 0 Å². The molecule has 0 aliphatic carbocycles. The molecule has 2 aromatic carbocycles. The Balaban J connectivity index is 0.00000192. The first-order chi connectivity index (χ1) is 10.6. The Hall–Kier alpha value is -1.66. The van der Waals surface area contributed by atoms with E-state index in [2.05, 4.69) is 0 Å². The molecule has 3 aromatic rings. The van der Waals surface area contributed by atoms with Gasteiger partial charge >= 0.3 is 0 Å². The highest BCUT2D eigenvalue weighted by molar-refractivity contribution is 7.93. The summed E-state index contributed by atoms with van der Waals surface area (Å²) in [5.74, 6) is 0. The zero-order valence-electron chi connectivity index (χ0n) is 12.2. The van der Waals surface area contributed by atoms with E-state index in [1.807, 2.05) is 42.5 Å². The summed E-state index contributed by atoms with van der Waals surface area (Å²) in [6, 6.07) is 20.2.